The van der Waals surface area contributed by atoms with Crippen LogP contribution in [-0.4, -0.2) is 49.6 Å². The largest absolute Gasteiger partial charge is 0.385 e. The maximum atomic E-state index is 11.5. The van der Waals surface area contributed by atoms with Gasteiger partial charge in [-0.3, -0.25) is 14.5 Å². The predicted octanol–water partition coefficient (Wildman–Crippen LogP) is -0.242. The minimum absolute atomic E-state index is 0.114. The summed E-state index contributed by atoms with van der Waals surface area (Å²) in [4.78, 5) is 23.9. The molecule has 2 atom stereocenters. The second kappa shape index (κ2) is 5.23. The smallest absolute Gasteiger partial charge is 0.246 e. The number of hydrogen-bond acceptors (Lipinski definition) is 4. The Morgan fingerprint density at radius 3 is 2.73 bits per heavy atom. The van der Waals surface area contributed by atoms with Gasteiger partial charge in [0.05, 0.1) is 12.5 Å². The number of methoxy groups -OCH3 is 1. The second-order valence-corrected chi connectivity index (χ2v) is 3.90. The molecule has 5 nitrogen and oxygen atoms in total. The molecule has 86 valence electrons. The van der Waals surface area contributed by atoms with Crippen LogP contribution in [0.1, 0.15) is 19.8 Å². The lowest BCUT2D eigenvalue weighted by Crippen LogP contribution is -2.42. The lowest BCUT2D eigenvalue weighted by Gasteiger charge is -2.17. The van der Waals surface area contributed by atoms with Gasteiger partial charge >= 0.3 is 0 Å². The summed E-state index contributed by atoms with van der Waals surface area (Å²) in [6, 6.07) is -0.174. The summed E-state index contributed by atoms with van der Waals surface area (Å²) >= 11 is 0. The van der Waals surface area contributed by atoms with Crippen LogP contribution in [-0.2, 0) is 14.3 Å². The number of likely N-dealkylation sites (tertiary alicyclic amines) is 1. The summed E-state index contributed by atoms with van der Waals surface area (Å²) < 4.78 is 4.94. The Morgan fingerprint density at radius 1 is 1.60 bits per heavy atom. The van der Waals surface area contributed by atoms with Gasteiger partial charge in [0.15, 0.2) is 0 Å². The molecule has 1 rings (SSSR count). The Morgan fingerprint density at radius 2 is 2.27 bits per heavy atom. The van der Waals surface area contributed by atoms with Crippen molar-refractivity contribution in [3.63, 3.8) is 0 Å². The van der Waals surface area contributed by atoms with Crippen LogP contribution in [0, 0.1) is 0 Å². The quantitative estimate of drug-likeness (QED) is 0.642. The average molecular weight is 214 g/mol. The molecule has 1 aliphatic rings. The fraction of sp³-hybridized carbons (Fsp3) is 0.800. The van der Waals surface area contributed by atoms with Crippen molar-refractivity contribution >= 4 is 11.8 Å². The summed E-state index contributed by atoms with van der Waals surface area (Å²) in [6.07, 6.45) is 1.10. The summed E-state index contributed by atoms with van der Waals surface area (Å²) in [5.41, 5.74) is 0. The summed E-state index contributed by atoms with van der Waals surface area (Å²) in [5, 5.41) is 3.13. The third kappa shape index (κ3) is 3.00. The number of carbonyl (C=O) groups is 2. The first kappa shape index (κ1) is 12.1. The van der Waals surface area contributed by atoms with Crippen LogP contribution in [0.5, 0.6) is 0 Å². The zero-order chi connectivity index (χ0) is 11.4. The van der Waals surface area contributed by atoms with Gasteiger partial charge in [-0.1, -0.05) is 0 Å². The molecule has 0 aromatic heterocycles. The Labute approximate surface area is 89.8 Å². The summed E-state index contributed by atoms with van der Waals surface area (Å²) in [6.45, 7) is 2.63. The van der Waals surface area contributed by atoms with Crippen molar-refractivity contribution in [2.24, 2.45) is 0 Å². The van der Waals surface area contributed by atoms with Crippen molar-refractivity contribution in [1.29, 1.82) is 0 Å². The number of amides is 2. The van der Waals surface area contributed by atoms with E-state index in [2.05, 4.69) is 5.32 Å². The van der Waals surface area contributed by atoms with Gasteiger partial charge in [-0.25, -0.2) is 0 Å². The van der Waals surface area contributed by atoms with Crippen LogP contribution in [0.2, 0.25) is 0 Å². The molecule has 2 amide bonds. The molecule has 5 heteroatoms. The maximum Gasteiger partial charge on any atom is 0.246 e. The van der Waals surface area contributed by atoms with Crippen LogP contribution in [0.4, 0.5) is 0 Å². The highest BCUT2D eigenvalue weighted by molar-refractivity contribution is 6.05. The number of rotatable bonds is 5. The number of imide groups is 1. The molecule has 0 spiro atoms. The van der Waals surface area contributed by atoms with Crippen LogP contribution in [0.15, 0.2) is 0 Å². The first-order valence-corrected chi connectivity index (χ1v) is 5.11. The molecule has 1 heterocycles. The standard InChI is InChI=1S/C10H18N2O3/c1-7(4-5-15-3)11-8-6-9(13)12(2)10(8)14/h7-8,11H,4-6H2,1-3H3. The SMILES string of the molecule is COCCC(C)NC1CC(=O)N(C)C1=O. The lowest BCUT2D eigenvalue weighted by atomic mass is 10.2. The molecule has 2 unspecified atom stereocenters. The number of likely N-dealkylation sites (N-methyl/N-ethyl adjacent to an activating group) is 1. The lowest BCUT2D eigenvalue weighted by molar-refractivity contribution is -0.137. The normalized spacial score (nSPS) is 23.7. The minimum Gasteiger partial charge on any atom is -0.385 e. The Hall–Kier alpha value is -0.940. The molecule has 15 heavy (non-hydrogen) atoms. The van der Waals surface area contributed by atoms with E-state index in [1.54, 1.807) is 7.11 Å². The van der Waals surface area contributed by atoms with Gasteiger partial charge in [-0.15, -0.1) is 0 Å². The predicted molar refractivity (Wildman–Crippen MR) is 55.3 cm³/mol. The van der Waals surface area contributed by atoms with Crippen molar-refractivity contribution in [2.45, 2.75) is 31.8 Å². The van der Waals surface area contributed by atoms with E-state index in [0.717, 1.165) is 6.42 Å². The summed E-state index contributed by atoms with van der Waals surface area (Å²) in [5.74, 6) is -0.249. The molecule has 1 saturated heterocycles. The molecular formula is C10H18N2O3. The van der Waals surface area contributed by atoms with E-state index in [1.165, 1.54) is 11.9 Å². The fourth-order valence-electron chi connectivity index (χ4n) is 1.61. The third-order valence-corrected chi connectivity index (χ3v) is 2.62. The highest BCUT2D eigenvalue weighted by Crippen LogP contribution is 2.11. The molecule has 1 aliphatic heterocycles. The van der Waals surface area contributed by atoms with E-state index in [-0.39, 0.29) is 30.3 Å². The van der Waals surface area contributed by atoms with Crippen molar-refractivity contribution < 1.29 is 14.3 Å². The van der Waals surface area contributed by atoms with Gasteiger partial charge in [-0.05, 0) is 13.3 Å². The molecule has 1 N–H and O–H groups in total. The van der Waals surface area contributed by atoms with Gasteiger partial charge in [0.1, 0.15) is 0 Å². The number of hydrogen-bond donors (Lipinski definition) is 1. The van der Waals surface area contributed by atoms with E-state index in [9.17, 15) is 9.59 Å². The van der Waals surface area contributed by atoms with Gasteiger partial charge < -0.3 is 10.1 Å². The Kier molecular flexibility index (Phi) is 4.23. The van der Waals surface area contributed by atoms with Crippen LogP contribution < -0.4 is 5.32 Å². The van der Waals surface area contributed by atoms with E-state index < -0.39 is 0 Å². The summed E-state index contributed by atoms with van der Waals surface area (Å²) in [7, 11) is 3.16. The first-order valence-electron chi connectivity index (χ1n) is 5.11. The molecule has 1 fully saturated rings. The van der Waals surface area contributed by atoms with Gasteiger partial charge in [0, 0.05) is 26.8 Å². The monoisotopic (exact) mass is 214 g/mol. The molecule has 0 aromatic carbocycles. The Balaban J connectivity index is 2.39. The van der Waals surface area contributed by atoms with Crippen LogP contribution >= 0.6 is 0 Å². The second-order valence-electron chi connectivity index (χ2n) is 3.90. The molecule has 0 radical (unpaired) electrons. The third-order valence-electron chi connectivity index (χ3n) is 2.62. The zero-order valence-corrected chi connectivity index (χ0v) is 9.45. The van der Waals surface area contributed by atoms with Crippen LogP contribution in [0.25, 0.3) is 0 Å². The van der Waals surface area contributed by atoms with Crippen molar-refractivity contribution in [3.05, 3.63) is 0 Å². The maximum absolute atomic E-state index is 11.5. The average Bonchev–Trinajstić information content (AvgIpc) is 2.43. The number of ether oxygens (including phenoxy) is 1. The topological polar surface area (TPSA) is 58.6 Å². The number of nitrogens with one attached hydrogen (secondary N) is 1. The first-order chi connectivity index (χ1) is 7.06. The number of nitrogens with zero attached hydrogens (tertiary/aromatic N) is 1. The van der Waals surface area contributed by atoms with Gasteiger partial charge in [-0.2, -0.15) is 0 Å². The highest BCUT2D eigenvalue weighted by Gasteiger charge is 2.36. The molecule has 0 saturated carbocycles. The van der Waals surface area contributed by atoms with Crippen molar-refractivity contribution in [1.82, 2.24) is 10.2 Å². The molecular weight excluding hydrogens is 196 g/mol. The highest BCUT2D eigenvalue weighted by atomic mass is 16.5. The van der Waals surface area contributed by atoms with Crippen molar-refractivity contribution in [3.8, 4) is 0 Å². The van der Waals surface area contributed by atoms with E-state index >= 15 is 0 Å². The fourth-order valence-corrected chi connectivity index (χ4v) is 1.61. The van der Waals surface area contributed by atoms with Gasteiger partial charge in [0.25, 0.3) is 0 Å². The van der Waals surface area contributed by atoms with Crippen LogP contribution in [0.3, 0.4) is 0 Å². The van der Waals surface area contributed by atoms with Gasteiger partial charge in [0.2, 0.25) is 11.8 Å². The Bertz CT molecular complexity index is 255. The van der Waals surface area contributed by atoms with E-state index in [0.29, 0.717) is 6.61 Å². The zero-order valence-electron chi connectivity index (χ0n) is 9.45. The molecule has 0 aromatic rings. The minimum atomic E-state index is -0.352. The van der Waals surface area contributed by atoms with E-state index in [4.69, 9.17) is 4.74 Å². The number of carbonyl (C=O) groups excluding carboxylic acids is 2. The molecule has 0 aliphatic carbocycles. The van der Waals surface area contributed by atoms with E-state index in [1.807, 2.05) is 6.92 Å². The van der Waals surface area contributed by atoms with Crippen molar-refractivity contribution in [2.75, 3.05) is 20.8 Å². The molecule has 0 bridgehead atoms.